The Hall–Kier alpha value is -2.87. The highest BCUT2D eigenvalue weighted by Crippen LogP contribution is 2.31. The largest absolute Gasteiger partial charge is 0.488 e. The topological polar surface area (TPSA) is 64.2 Å². The van der Waals surface area contributed by atoms with Crippen LogP contribution < -0.4 is 5.46 Å². The van der Waals surface area contributed by atoms with E-state index in [4.69, 9.17) is 5.26 Å². The second kappa shape index (κ2) is 6.49. The van der Waals surface area contributed by atoms with Crippen LogP contribution in [0.5, 0.6) is 0 Å². The van der Waals surface area contributed by atoms with Crippen molar-refractivity contribution in [1.82, 2.24) is 0 Å². The van der Waals surface area contributed by atoms with Gasteiger partial charge in [0.2, 0.25) is 0 Å². The summed E-state index contributed by atoms with van der Waals surface area (Å²) in [5, 5.41) is 27.5. The summed E-state index contributed by atoms with van der Waals surface area (Å²) >= 11 is 0. The Kier molecular flexibility index (Phi) is 4.25. The molecule has 0 saturated heterocycles. The number of benzene rings is 3. The van der Waals surface area contributed by atoms with Gasteiger partial charge in [-0.15, -0.1) is 0 Å². The van der Waals surface area contributed by atoms with Crippen LogP contribution in [0.3, 0.4) is 0 Å². The zero-order valence-corrected chi connectivity index (χ0v) is 12.3. The molecule has 0 radical (unpaired) electrons. The van der Waals surface area contributed by atoms with E-state index in [1.165, 1.54) is 0 Å². The Bertz CT molecular complexity index is 867. The lowest BCUT2D eigenvalue weighted by Crippen LogP contribution is -2.29. The SMILES string of the molecule is N#Cc1cccc(-c2ccccc2-c2ccc(B(O)O)cc2)c1. The van der Waals surface area contributed by atoms with Crippen molar-refractivity contribution >= 4 is 12.6 Å². The van der Waals surface area contributed by atoms with E-state index in [9.17, 15) is 10.0 Å². The molecule has 0 aliphatic heterocycles. The minimum atomic E-state index is -1.47. The fourth-order valence-electron chi connectivity index (χ4n) is 2.58. The third-order valence-electron chi connectivity index (χ3n) is 3.75. The van der Waals surface area contributed by atoms with Crippen molar-refractivity contribution in [2.75, 3.05) is 0 Å². The van der Waals surface area contributed by atoms with Crippen LogP contribution in [-0.4, -0.2) is 17.2 Å². The first kappa shape index (κ1) is 15.0. The fourth-order valence-corrected chi connectivity index (χ4v) is 2.58. The normalized spacial score (nSPS) is 10.1. The second-order valence-corrected chi connectivity index (χ2v) is 5.23. The van der Waals surface area contributed by atoms with Crippen LogP contribution in [0.15, 0.2) is 72.8 Å². The number of rotatable bonds is 3. The van der Waals surface area contributed by atoms with E-state index in [0.717, 1.165) is 22.3 Å². The van der Waals surface area contributed by atoms with Gasteiger partial charge in [0.25, 0.3) is 0 Å². The standard InChI is InChI=1S/C19H14BNO2/c21-13-14-4-3-5-16(12-14)19-7-2-1-6-18(19)15-8-10-17(11-9-15)20(22)23/h1-12,22-23H. The summed E-state index contributed by atoms with van der Waals surface area (Å²) < 4.78 is 0. The minimum absolute atomic E-state index is 0.456. The van der Waals surface area contributed by atoms with Gasteiger partial charge in [-0.2, -0.15) is 5.26 Å². The first-order valence-corrected chi connectivity index (χ1v) is 7.25. The fraction of sp³-hybridized carbons (Fsp3) is 0. The van der Waals surface area contributed by atoms with Gasteiger partial charge in [-0.05, 0) is 39.8 Å². The van der Waals surface area contributed by atoms with Crippen molar-refractivity contribution in [2.45, 2.75) is 0 Å². The second-order valence-electron chi connectivity index (χ2n) is 5.23. The maximum absolute atomic E-state index is 9.20. The zero-order chi connectivity index (χ0) is 16.2. The van der Waals surface area contributed by atoms with E-state index < -0.39 is 7.12 Å². The van der Waals surface area contributed by atoms with Crippen LogP contribution in [0, 0.1) is 11.3 Å². The van der Waals surface area contributed by atoms with E-state index in [1.807, 2.05) is 54.6 Å². The quantitative estimate of drug-likeness (QED) is 0.731. The monoisotopic (exact) mass is 299 g/mol. The van der Waals surface area contributed by atoms with E-state index in [-0.39, 0.29) is 0 Å². The molecular weight excluding hydrogens is 285 g/mol. The van der Waals surface area contributed by atoms with Gasteiger partial charge >= 0.3 is 7.12 Å². The summed E-state index contributed by atoms with van der Waals surface area (Å²) in [7, 11) is -1.47. The predicted molar refractivity (Wildman–Crippen MR) is 91.9 cm³/mol. The lowest BCUT2D eigenvalue weighted by Gasteiger charge is -2.11. The Labute approximate surface area is 135 Å². The third-order valence-corrected chi connectivity index (χ3v) is 3.75. The molecule has 110 valence electrons. The average molecular weight is 299 g/mol. The van der Waals surface area contributed by atoms with Crippen molar-refractivity contribution in [3.63, 3.8) is 0 Å². The van der Waals surface area contributed by atoms with Gasteiger partial charge in [-0.25, -0.2) is 0 Å². The van der Waals surface area contributed by atoms with Gasteiger partial charge in [-0.1, -0.05) is 60.7 Å². The summed E-state index contributed by atoms with van der Waals surface area (Å²) in [5.41, 5.74) is 5.09. The van der Waals surface area contributed by atoms with Gasteiger partial charge in [0.1, 0.15) is 0 Å². The maximum atomic E-state index is 9.20. The molecule has 2 N–H and O–H groups in total. The molecule has 3 rings (SSSR count). The molecule has 0 aliphatic rings. The van der Waals surface area contributed by atoms with Crippen molar-refractivity contribution in [3.05, 3.63) is 78.4 Å². The van der Waals surface area contributed by atoms with E-state index in [2.05, 4.69) is 6.07 Å². The van der Waals surface area contributed by atoms with Crippen LogP contribution in [0.1, 0.15) is 5.56 Å². The van der Waals surface area contributed by atoms with E-state index in [0.29, 0.717) is 11.0 Å². The Morgan fingerprint density at radius 1 is 0.739 bits per heavy atom. The summed E-state index contributed by atoms with van der Waals surface area (Å²) in [4.78, 5) is 0. The van der Waals surface area contributed by atoms with Crippen molar-refractivity contribution in [3.8, 4) is 28.3 Å². The molecular formula is C19H14BNO2. The smallest absolute Gasteiger partial charge is 0.423 e. The molecule has 0 spiro atoms. The molecule has 23 heavy (non-hydrogen) atoms. The molecule has 0 aliphatic carbocycles. The van der Waals surface area contributed by atoms with Gasteiger partial charge in [0, 0.05) is 0 Å². The Morgan fingerprint density at radius 2 is 1.39 bits per heavy atom. The van der Waals surface area contributed by atoms with Gasteiger partial charge in [0.05, 0.1) is 11.6 Å². The molecule has 0 fully saturated rings. The highest BCUT2D eigenvalue weighted by atomic mass is 16.4. The van der Waals surface area contributed by atoms with Crippen LogP contribution >= 0.6 is 0 Å². The zero-order valence-electron chi connectivity index (χ0n) is 12.3. The first-order chi connectivity index (χ1) is 11.2. The van der Waals surface area contributed by atoms with Crippen LogP contribution in [0.4, 0.5) is 0 Å². The third kappa shape index (κ3) is 3.16. The lowest BCUT2D eigenvalue weighted by atomic mass is 9.79. The van der Waals surface area contributed by atoms with Crippen molar-refractivity contribution in [2.24, 2.45) is 0 Å². The molecule has 3 nitrogen and oxygen atoms in total. The summed E-state index contributed by atoms with van der Waals surface area (Å²) in [5.74, 6) is 0. The number of hydrogen-bond donors (Lipinski definition) is 2. The van der Waals surface area contributed by atoms with Crippen LogP contribution in [0.2, 0.25) is 0 Å². The van der Waals surface area contributed by atoms with Crippen LogP contribution in [-0.2, 0) is 0 Å². The molecule has 0 saturated carbocycles. The number of nitrogens with zero attached hydrogens (tertiary/aromatic N) is 1. The molecule has 0 bridgehead atoms. The highest BCUT2D eigenvalue weighted by Gasteiger charge is 2.12. The minimum Gasteiger partial charge on any atom is -0.423 e. The Morgan fingerprint density at radius 3 is 2.00 bits per heavy atom. The van der Waals surface area contributed by atoms with E-state index >= 15 is 0 Å². The predicted octanol–water partition coefficient (Wildman–Crippen LogP) is 2.57. The number of hydrogen-bond acceptors (Lipinski definition) is 3. The molecule has 4 heteroatoms. The molecule has 3 aromatic rings. The van der Waals surface area contributed by atoms with Gasteiger partial charge in [0.15, 0.2) is 0 Å². The van der Waals surface area contributed by atoms with Crippen molar-refractivity contribution < 1.29 is 10.0 Å². The molecule has 0 atom stereocenters. The van der Waals surface area contributed by atoms with Crippen LogP contribution in [0.25, 0.3) is 22.3 Å². The average Bonchev–Trinajstić information content (AvgIpc) is 2.62. The summed E-state index contributed by atoms with van der Waals surface area (Å²) in [6.07, 6.45) is 0. The maximum Gasteiger partial charge on any atom is 0.488 e. The Balaban J connectivity index is 2.09. The summed E-state index contributed by atoms with van der Waals surface area (Å²) in [6, 6.07) is 24.7. The van der Waals surface area contributed by atoms with E-state index in [1.54, 1.807) is 18.2 Å². The van der Waals surface area contributed by atoms with Gasteiger partial charge < -0.3 is 10.0 Å². The van der Waals surface area contributed by atoms with Crippen molar-refractivity contribution in [1.29, 1.82) is 5.26 Å². The molecule has 3 aromatic carbocycles. The summed E-state index contributed by atoms with van der Waals surface area (Å²) in [6.45, 7) is 0. The highest BCUT2D eigenvalue weighted by molar-refractivity contribution is 6.58. The lowest BCUT2D eigenvalue weighted by molar-refractivity contribution is 0.426. The molecule has 0 aromatic heterocycles. The molecule has 0 unspecified atom stereocenters. The molecule has 0 heterocycles. The molecule has 0 amide bonds. The number of nitriles is 1. The van der Waals surface area contributed by atoms with Gasteiger partial charge in [-0.3, -0.25) is 0 Å². The first-order valence-electron chi connectivity index (χ1n) is 7.25.